The number of hydrogen-bond donors (Lipinski definition) is 2. The van der Waals surface area contributed by atoms with E-state index in [1.165, 1.54) is 12.8 Å². The number of nitrogens with one attached hydrogen (secondary N) is 2. The van der Waals surface area contributed by atoms with Crippen LogP contribution >= 0.6 is 0 Å². The van der Waals surface area contributed by atoms with Gasteiger partial charge < -0.3 is 26.4 Å². The van der Waals surface area contributed by atoms with Gasteiger partial charge in [0, 0.05) is 0 Å². The molecule has 0 amide bonds. The van der Waals surface area contributed by atoms with Crippen LogP contribution in [0.2, 0.25) is 0 Å². The standard InChI is InChI=1S/C8H10O5.C6H12N2.Pt/c9-7(10)5-3-1-2-4(13-3)6(5)8(11)12;7-5-3-1-2-4-6(5)8;/h3-6H,1-2H2,(H,9,10)(H,11,12);5-8H,1-4H2;/q;-2;+2. The van der Waals surface area contributed by atoms with Crippen molar-refractivity contribution >= 4 is 11.9 Å². The Kier molecular flexibility index (Phi) is 7.45. The van der Waals surface area contributed by atoms with Gasteiger partial charge in [-0.1, -0.05) is 25.7 Å². The molecule has 3 fully saturated rings. The molecule has 0 spiro atoms. The van der Waals surface area contributed by atoms with E-state index in [1.54, 1.807) is 0 Å². The number of rotatable bonds is 2. The Labute approximate surface area is 144 Å². The number of carboxylic acids is 2. The summed E-state index contributed by atoms with van der Waals surface area (Å²) in [5.41, 5.74) is 14.6. The van der Waals surface area contributed by atoms with Crippen LogP contribution in [0.15, 0.2) is 0 Å². The quantitative estimate of drug-likeness (QED) is 0.610. The summed E-state index contributed by atoms with van der Waals surface area (Å²) in [4.78, 5) is 21.5. The van der Waals surface area contributed by atoms with Crippen molar-refractivity contribution < 1.29 is 45.6 Å². The van der Waals surface area contributed by atoms with Gasteiger partial charge in [-0.2, -0.15) is 12.1 Å². The molecule has 3 aliphatic rings. The molecule has 0 aromatic carbocycles. The summed E-state index contributed by atoms with van der Waals surface area (Å²) in [5.74, 6) is -3.81. The topological polar surface area (TPSA) is 131 Å². The molecule has 2 aliphatic heterocycles. The molecule has 6 atom stereocenters. The smallest absolute Gasteiger partial charge is 0.676 e. The van der Waals surface area contributed by atoms with Crippen LogP contribution < -0.4 is 0 Å². The summed E-state index contributed by atoms with van der Waals surface area (Å²) in [7, 11) is 0. The summed E-state index contributed by atoms with van der Waals surface area (Å²) in [6, 6.07) is -0.160. The SMILES string of the molecule is O=C(O)C1C2CCC(O2)C1C(=O)O.[NH-]C1CCCCC1[NH-].[Pt+2]. The zero-order valence-corrected chi connectivity index (χ0v) is 14.4. The van der Waals surface area contributed by atoms with Crippen molar-refractivity contribution in [2.45, 2.75) is 62.8 Å². The van der Waals surface area contributed by atoms with E-state index < -0.39 is 23.8 Å². The molecule has 8 heteroatoms. The number of ether oxygens (including phenoxy) is 1. The van der Waals surface area contributed by atoms with E-state index in [-0.39, 0.29) is 45.4 Å². The second kappa shape index (κ2) is 8.39. The molecule has 4 N–H and O–H groups in total. The van der Waals surface area contributed by atoms with Gasteiger partial charge in [0.05, 0.1) is 24.0 Å². The van der Waals surface area contributed by atoms with E-state index in [4.69, 9.17) is 26.4 Å². The van der Waals surface area contributed by atoms with Crippen molar-refractivity contribution in [2.75, 3.05) is 0 Å². The maximum absolute atomic E-state index is 10.8. The van der Waals surface area contributed by atoms with Gasteiger partial charge in [-0.05, 0) is 12.8 Å². The first-order chi connectivity index (χ1) is 9.91. The summed E-state index contributed by atoms with van der Waals surface area (Å²) in [5, 5.41) is 17.6. The van der Waals surface area contributed by atoms with Gasteiger partial charge in [0.25, 0.3) is 0 Å². The van der Waals surface area contributed by atoms with Crippen molar-refractivity contribution in [1.82, 2.24) is 0 Å². The minimum absolute atomic E-state index is 0. The molecule has 2 bridgehead atoms. The van der Waals surface area contributed by atoms with Crippen LogP contribution in [0, 0.1) is 11.8 Å². The van der Waals surface area contributed by atoms with Gasteiger partial charge in [0.15, 0.2) is 0 Å². The van der Waals surface area contributed by atoms with Crippen LogP contribution in [0.25, 0.3) is 11.5 Å². The average molecular weight is 493 g/mol. The minimum atomic E-state index is -1.06. The fourth-order valence-corrected chi connectivity index (χ4v) is 3.44. The van der Waals surface area contributed by atoms with Gasteiger partial charge in [-0.25, -0.2) is 0 Å². The zero-order valence-electron chi connectivity index (χ0n) is 12.1. The maximum atomic E-state index is 10.8. The Hall–Kier alpha value is -0.492. The molecular weight excluding hydrogens is 471 g/mol. The molecule has 6 unspecified atom stereocenters. The summed E-state index contributed by atoms with van der Waals surface area (Å²) < 4.78 is 5.26. The molecule has 2 saturated heterocycles. The van der Waals surface area contributed by atoms with E-state index in [1.807, 2.05) is 0 Å². The molecule has 1 saturated carbocycles. The van der Waals surface area contributed by atoms with E-state index in [9.17, 15) is 9.59 Å². The maximum Gasteiger partial charge on any atom is 2.00 e. The van der Waals surface area contributed by atoms with Crippen molar-refractivity contribution in [3.05, 3.63) is 11.5 Å². The third kappa shape index (κ3) is 4.28. The zero-order chi connectivity index (χ0) is 15.6. The van der Waals surface area contributed by atoms with Crippen molar-refractivity contribution in [3.63, 3.8) is 0 Å². The first-order valence-electron chi connectivity index (χ1n) is 7.45. The predicted octanol–water partition coefficient (Wildman–Crippen LogP) is 2.35. The summed E-state index contributed by atoms with van der Waals surface area (Å²) in [6.45, 7) is 0. The molecule has 0 radical (unpaired) electrons. The minimum Gasteiger partial charge on any atom is -0.676 e. The van der Waals surface area contributed by atoms with E-state index in [0.717, 1.165) is 12.8 Å². The Morgan fingerprint density at radius 3 is 1.45 bits per heavy atom. The van der Waals surface area contributed by atoms with Crippen LogP contribution in [0.3, 0.4) is 0 Å². The molecule has 0 aromatic rings. The monoisotopic (exact) mass is 493 g/mol. The van der Waals surface area contributed by atoms with Crippen molar-refractivity contribution in [2.24, 2.45) is 11.8 Å². The Bertz CT molecular complexity index is 373. The second-order valence-corrected chi connectivity index (χ2v) is 6.02. The molecule has 3 rings (SSSR count). The van der Waals surface area contributed by atoms with Gasteiger partial charge in [-0.15, -0.1) is 0 Å². The molecule has 1 aliphatic carbocycles. The van der Waals surface area contributed by atoms with Crippen molar-refractivity contribution in [3.8, 4) is 0 Å². The van der Waals surface area contributed by atoms with Crippen LogP contribution in [-0.4, -0.2) is 46.4 Å². The molecule has 128 valence electrons. The first-order valence-corrected chi connectivity index (χ1v) is 7.45. The van der Waals surface area contributed by atoms with Gasteiger partial charge in [-0.3, -0.25) is 9.59 Å². The van der Waals surface area contributed by atoms with Crippen LogP contribution in [0.1, 0.15) is 38.5 Å². The summed E-state index contributed by atoms with van der Waals surface area (Å²) in [6.07, 6.45) is 4.82. The van der Waals surface area contributed by atoms with Crippen LogP contribution in [0.4, 0.5) is 0 Å². The predicted molar refractivity (Wildman–Crippen MR) is 74.8 cm³/mol. The third-order valence-corrected chi connectivity index (χ3v) is 4.61. The van der Waals surface area contributed by atoms with Crippen LogP contribution in [0.5, 0.6) is 0 Å². The van der Waals surface area contributed by atoms with Gasteiger partial charge in [0.1, 0.15) is 0 Å². The molecule has 7 nitrogen and oxygen atoms in total. The molecule has 0 aromatic heterocycles. The molecular formula is C14H22N2O5Pt. The fraction of sp³-hybridized carbons (Fsp3) is 0.857. The van der Waals surface area contributed by atoms with E-state index >= 15 is 0 Å². The number of carbonyl (C=O) groups is 2. The molecule has 2 heterocycles. The largest absolute Gasteiger partial charge is 2.00 e. The van der Waals surface area contributed by atoms with Gasteiger partial charge in [0.2, 0.25) is 0 Å². The van der Waals surface area contributed by atoms with Gasteiger partial charge >= 0.3 is 33.0 Å². The first kappa shape index (κ1) is 19.6. The van der Waals surface area contributed by atoms with Crippen molar-refractivity contribution in [1.29, 1.82) is 0 Å². The van der Waals surface area contributed by atoms with E-state index in [0.29, 0.717) is 12.8 Å². The number of aliphatic carboxylic acids is 2. The Morgan fingerprint density at radius 1 is 0.818 bits per heavy atom. The molecule has 22 heavy (non-hydrogen) atoms. The summed E-state index contributed by atoms with van der Waals surface area (Å²) >= 11 is 0. The third-order valence-electron chi connectivity index (χ3n) is 4.61. The Morgan fingerprint density at radius 2 is 1.18 bits per heavy atom. The Balaban J connectivity index is 0.000000234. The second-order valence-electron chi connectivity index (χ2n) is 6.02. The van der Waals surface area contributed by atoms with Crippen LogP contribution in [-0.2, 0) is 35.4 Å². The fourth-order valence-electron chi connectivity index (χ4n) is 3.44. The number of hydrogen-bond acceptors (Lipinski definition) is 3. The van der Waals surface area contributed by atoms with E-state index in [2.05, 4.69) is 0 Å². The number of fused-ring (bicyclic) bond motifs is 2. The average Bonchev–Trinajstić information content (AvgIpc) is 3.03. The normalized spacial score (nSPS) is 39.4. The number of carboxylic acid groups (broad SMARTS) is 2.